The molecule has 0 fully saturated rings. The van der Waals surface area contributed by atoms with Gasteiger partial charge in [-0.15, -0.1) is 0 Å². The summed E-state index contributed by atoms with van der Waals surface area (Å²) in [7, 11) is 0. The van der Waals surface area contributed by atoms with Crippen LogP contribution in [0.25, 0.3) is 0 Å². The third-order valence-corrected chi connectivity index (χ3v) is 3.76. The van der Waals surface area contributed by atoms with Crippen molar-refractivity contribution >= 4 is 46.5 Å². The Morgan fingerprint density at radius 3 is 2.40 bits per heavy atom. The third kappa shape index (κ3) is 3.37. The SMILES string of the molecule is O=C(O)c1ccccc1CNc1cc(Cl)c(Cl)cc1Cl. The molecule has 0 amide bonds. The van der Waals surface area contributed by atoms with Crippen molar-refractivity contribution in [2.45, 2.75) is 6.54 Å². The van der Waals surface area contributed by atoms with Crippen LogP contribution in [0, 0.1) is 0 Å². The molecule has 20 heavy (non-hydrogen) atoms. The van der Waals surface area contributed by atoms with Crippen LogP contribution in [-0.2, 0) is 6.54 Å². The molecule has 0 aliphatic carbocycles. The van der Waals surface area contributed by atoms with Gasteiger partial charge in [-0.25, -0.2) is 4.79 Å². The molecule has 0 radical (unpaired) electrons. The number of aromatic carboxylic acids is 1. The molecule has 2 aromatic carbocycles. The summed E-state index contributed by atoms with van der Waals surface area (Å²) in [6.07, 6.45) is 0. The van der Waals surface area contributed by atoms with Crippen molar-refractivity contribution in [1.29, 1.82) is 0 Å². The number of carbonyl (C=O) groups is 1. The average molecular weight is 331 g/mol. The Balaban J connectivity index is 2.21. The number of carboxylic acid groups (broad SMARTS) is 1. The molecule has 0 aliphatic heterocycles. The van der Waals surface area contributed by atoms with Crippen molar-refractivity contribution in [2.24, 2.45) is 0 Å². The molecule has 0 unspecified atom stereocenters. The molecule has 0 spiro atoms. The maximum Gasteiger partial charge on any atom is 0.336 e. The lowest BCUT2D eigenvalue weighted by atomic mass is 10.1. The maximum atomic E-state index is 11.1. The fourth-order valence-electron chi connectivity index (χ4n) is 1.73. The molecule has 0 bridgehead atoms. The van der Waals surface area contributed by atoms with Crippen LogP contribution in [0.3, 0.4) is 0 Å². The summed E-state index contributed by atoms with van der Waals surface area (Å²) >= 11 is 17.8. The Labute approximate surface area is 131 Å². The number of carboxylic acids is 1. The van der Waals surface area contributed by atoms with Crippen LogP contribution in [0.4, 0.5) is 5.69 Å². The molecule has 0 aromatic heterocycles. The van der Waals surface area contributed by atoms with Gasteiger partial charge >= 0.3 is 5.97 Å². The predicted octanol–water partition coefficient (Wildman–Crippen LogP) is 4.96. The van der Waals surface area contributed by atoms with E-state index in [9.17, 15) is 4.79 Å². The van der Waals surface area contributed by atoms with Crippen molar-refractivity contribution in [3.63, 3.8) is 0 Å². The first-order chi connectivity index (χ1) is 9.49. The molecule has 6 heteroatoms. The normalized spacial score (nSPS) is 10.3. The van der Waals surface area contributed by atoms with E-state index in [1.54, 1.807) is 30.3 Å². The second kappa shape index (κ2) is 6.35. The molecular formula is C14H10Cl3NO2. The van der Waals surface area contributed by atoms with E-state index in [1.807, 2.05) is 0 Å². The summed E-state index contributed by atoms with van der Waals surface area (Å²) in [5, 5.41) is 13.3. The topological polar surface area (TPSA) is 49.3 Å². The molecular weight excluding hydrogens is 321 g/mol. The number of rotatable bonds is 4. The molecule has 0 aliphatic rings. The summed E-state index contributed by atoms with van der Waals surface area (Å²) in [6, 6.07) is 9.89. The van der Waals surface area contributed by atoms with E-state index in [2.05, 4.69) is 5.32 Å². The highest BCUT2D eigenvalue weighted by atomic mass is 35.5. The maximum absolute atomic E-state index is 11.1. The van der Waals surface area contributed by atoms with E-state index in [1.165, 1.54) is 6.07 Å². The summed E-state index contributed by atoms with van der Waals surface area (Å²) < 4.78 is 0. The van der Waals surface area contributed by atoms with Gasteiger partial charge in [0.15, 0.2) is 0 Å². The monoisotopic (exact) mass is 329 g/mol. The molecule has 104 valence electrons. The van der Waals surface area contributed by atoms with E-state index in [0.717, 1.165) is 0 Å². The predicted molar refractivity (Wildman–Crippen MR) is 82.2 cm³/mol. The zero-order valence-electron chi connectivity index (χ0n) is 10.2. The molecule has 0 atom stereocenters. The molecule has 3 nitrogen and oxygen atoms in total. The van der Waals surface area contributed by atoms with Gasteiger partial charge in [0, 0.05) is 6.54 Å². The first-order valence-electron chi connectivity index (χ1n) is 5.68. The van der Waals surface area contributed by atoms with Crippen molar-refractivity contribution in [3.05, 3.63) is 62.6 Å². The summed E-state index contributed by atoms with van der Waals surface area (Å²) in [5.41, 5.74) is 1.50. The molecule has 2 rings (SSSR count). The van der Waals surface area contributed by atoms with Gasteiger partial charge in [0.25, 0.3) is 0 Å². The van der Waals surface area contributed by atoms with Crippen molar-refractivity contribution in [3.8, 4) is 0 Å². The van der Waals surface area contributed by atoms with Gasteiger partial charge in [0.2, 0.25) is 0 Å². The van der Waals surface area contributed by atoms with Crippen LogP contribution in [0.15, 0.2) is 36.4 Å². The van der Waals surface area contributed by atoms with Crippen LogP contribution < -0.4 is 5.32 Å². The molecule has 0 saturated carbocycles. The van der Waals surface area contributed by atoms with E-state index >= 15 is 0 Å². The van der Waals surface area contributed by atoms with Crippen LogP contribution in [0.5, 0.6) is 0 Å². The van der Waals surface area contributed by atoms with E-state index in [-0.39, 0.29) is 5.56 Å². The fourth-order valence-corrected chi connectivity index (χ4v) is 2.35. The van der Waals surface area contributed by atoms with Crippen LogP contribution in [0.2, 0.25) is 15.1 Å². The lowest BCUT2D eigenvalue weighted by Gasteiger charge is -2.11. The Hall–Kier alpha value is -1.42. The number of hydrogen-bond acceptors (Lipinski definition) is 2. The van der Waals surface area contributed by atoms with E-state index < -0.39 is 5.97 Å². The van der Waals surface area contributed by atoms with Crippen LogP contribution in [-0.4, -0.2) is 11.1 Å². The molecule has 2 N–H and O–H groups in total. The molecule has 2 aromatic rings. The number of nitrogens with one attached hydrogen (secondary N) is 1. The van der Waals surface area contributed by atoms with Gasteiger partial charge < -0.3 is 10.4 Å². The van der Waals surface area contributed by atoms with Gasteiger partial charge in [0.1, 0.15) is 0 Å². The van der Waals surface area contributed by atoms with E-state index in [4.69, 9.17) is 39.9 Å². The second-order valence-electron chi connectivity index (χ2n) is 4.06. The highest BCUT2D eigenvalue weighted by Gasteiger charge is 2.10. The van der Waals surface area contributed by atoms with Crippen LogP contribution >= 0.6 is 34.8 Å². The van der Waals surface area contributed by atoms with E-state index in [0.29, 0.717) is 32.9 Å². The molecule has 0 saturated heterocycles. The van der Waals surface area contributed by atoms with Gasteiger partial charge in [-0.2, -0.15) is 0 Å². The molecule has 0 heterocycles. The quantitative estimate of drug-likeness (QED) is 0.779. The number of halogens is 3. The second-order valence-corrected chi connectivity index (χ2v) is 5.28. The summed E-state index contributed by atoms with van der Waals surface area (Å²) in [5.74, 6) is -0.970. The zero-order valence-corrected chi connectivity index (χ0v) is 12.4. The zero-order chi connectivity index (χ0) is 14.7. The van der Waals surface area contributed by atoms with Crippen molar-refractivity contribution in [1.82, 2.24) is 0 Å². The minimum atomic E-state index is -0.970. The standard InChI is InChI=1S/C14H10Cl3NO2/c15-10-5-12(17)13(6-11(10)16)18-7-8-3-1-2-4-9(8)14(19)20/h1-6,18H,7H2,(H,19,20). The summed E-state index contributed by atoms with van der Waals surface area (Å²) in [4.78, 5) is 11.1. The first-order valence-corrected chi connectivity index (χ1v) is 6.82. The number of benzene rings is 2. The number of anilines is 1. The van der Waals surface area contributed by atoms with Crippen molar-refractivity contribution in [2.75, 3.05) is 5.32 Å². The Morgan fingerprint density at radius 2 is 1.70 bits per heavy atom. The summed E-state index contributed by atoms with van der Waals surface area (Å²) in [6.45, 7) is 0.320. The largest absolute Gasteiger partial charge is 0.478 e. The minimum absolute atomic E-state index is 0.246. The smallest absolute Gasteiger partial charge is 0.336 e. The minimum Gasteiger partial charge on any atom is -0.478 e. The average Bonchev–Trinajstić information content (AvgIpc) is 2.41. The highest BCUT2D eigenvalue weighted by molar-refractivity contribution is 6.44. The van der Waals surface area contributed by atoms with Gasteiger partial charge in [-0.3, -0.25) is 0 Å². The van der Waals surface area contributed by atoms with Crippen LogP contribution in [0.1, 0.15) is 15.9 Å². The van der Waals surface area contributed by atoms with Gasteiger partial charge in [-0.1, -0.05) is 53.0 Å². The lowest BCUT2D eigenvalue weighted by Crippen LogP contribution is -2.07. The van der Waals surface area contributed by atoms with Gasteiger partial charge in [0.05, 0.1) is 26.3 Å². The number of hydrogen-bond donors (Lipinski definition) is 2. The Morgan fingerprint density at radius 1 is 1.05 bits per heavy atom. The van der Waals surface area contributed by atoms with Crippen molar-refractivity contribution < 1.29 is 9.90 Å². The van der Waals surface area contributed by atoms with Gasteiger partial charge in [-0.05, 0) is 23.8 Å². The fraction of sp³-hybridized carbons (Fsp3) is 0.0714. The first kappa shape index (κ1) is 15.0. The third-order valence-electron chi connectivity index (χ3n) is 2.73. The highest BCUT2D eigenvalue weighted by Crippen LogP contribution is 2.32. The Kier molecular flexibility index (Phi) is 4.76. The Bertz CT molecular complexity index is 659. The lowest BCUT2D eigenvalue weighted by molar-refractivity contribution is 0.0696.